The van der Waals surface area contributed by atoms with E-state index in [9.17, 15) is 26.4 Å². The van der Waals surface area contributed by atoms with Gasteiger partial charge in [-0.1, -0.05) is 30.3 Å². The van der Waals surface area contributed by atoms with E-state index in [2.05, 4.69) is 10.1 Å². The Morgan fingerprint density at radius 1 is 1.16 bits per heavy atom. The lowest BCUT2D eigenvalue weighted by molar-refractivity contribution is -0.274. The molecule has 1 fully saturated rings. The summed E-state index contributed by atoms with van der Waals surface area (Å²) in [4.78, 5) is 12.7. The number of fused-ring (bicyclic) bond motifs is 1. The zero-order valence-electron chi connectivity index (χ0n) is 16.6. The third-order valence-corrected chi connectivity index (χ3v) is 6.84. The van der Waals surface area contributed by atoms with Gasteiger partial charge >= 0.3 is 6.36 Å². The number of furan rings is 1. The smallest absolute Gasteiger partial charge is 0.443 e. The van der Waals surface area contributed by atoms with Gasteiger partial charge in [-0.3, -0.25) is 4.79 Å². The Hall–Kier alpha value is -3.05. The van der Waals surface area contributed by atoms with Crippen LogP contribution in [-0.2, 0) is 21.4 Å². The summed E-state index contributed by atoms with van der Waals surface area (Å²) in [5.41, 5.74) is 0.803. The van der Waals surface area contributed by atoms with Crippen LogP contribution in [0.1, 0.15) is 18.4 Å². The van der Waals surface area contributed by atoms with Crippen LogP contribution in [0.25, 0.3) is 11.0 Å². The zero-order valence-corrected chi connectivity index (χ0v) is 17.4. The molecule has 1 saturated heterocycles. The van der Waals surface area contributed by atoms with E-state index in [1.54, 1.807) is 24.3 Å². The summed E-state index contributed by atoms with van der Waals surface area (Å²) in [6.45, 7) is 0.0787. The van der Waals surface area contributed by atoms with Crippen molar-refractivity contribution in [1.29, 1.82) is 0 Å². The number of halogens is 3. The summed E-state index contributed by atoms with van der Waals surface area (Å²) in [6, 6.07) is 12.5. The first-order valence-corrected chi connectivity index (χ1v) is 11.2. The van der Waals surface area contributed by atoms with E-state index < -0.39 is 34.1 Å². The number of benzene rings is 2. The van der Waals surface area contributed by atoms with Crippen LogP contribution in [-0.4, -0.2) is 37.6 Å². The molecule has 11 heteroatoms. The predicted molar refractivity (Wildman–Crippen MR) is 108 cm³/mol. The molecule has 0 unspecified atom stereocenters. The quantitative estimate of drug-likeness (QED) is 0.595. The van der Waals surface area contributed by atoms with Crippen LogP contribution in [0.4, 0.5) is 13.2 Å². The number of amides is 1. The third-order valence-electron chi connectivity index (χ3n) is 5.07. The third kappa shape index (κ3) is 4.73. The number of carbonyl (C=O) groups excluding carboxylic acids is 1. The van der Waals surface area contributed by atoms with Crippen molar-refractivity contribution in [2.75, 3.05) is 6.54 Å². The van der Waals surface area contributed by atoms with Crippen LogP contribution in [0.2, 0.25) is 0 Å². The molecule has 0 bridgehead atoms. The van der Waals surface area contributed by atoms with Gasteiger partial charge in [-0.15, -0.1) is 13.2 Å². The lowest BCUT2D eigenvalue weighted by Gasteiger charge is -2.22. The molecule has 1 aliphatic heterocycles. The Labute approximate surface area is 181 Å². The fourth-order valence-electron chi connectivity index (χ4n) is 3.65. The Kier molecular flexibility index (Phi) is 5.87. The first-order chi connectivity index (χ1) is 15.1. The standard InChI is InChI=1S/C21H19F3N2O5S/c22-21(23,24)31-16-7-3-5-14(11-16)13-25-20(27)17-8-4-10-26(17)32(28,29)19-12-15-6-1-2-9-18(15)30-19/h1-3,5-7,9,11-12,17H,4,8,10,13H2,(H,25,27)/t17-/m0/s1. The number of rotatable bonds is 6. The molecular weight excluding hydrogens is 449 g/mol. The second kappa shape index (κ2) is 8.47. The Morgan fingerprint density at radius 3 is 2.69 bits per heavy atom. The maximum Gasteiger partial charge on any atom is 0.573 e. The van der Waals surface area contributed by atoms with Gasteiger partial charge in [0.25, 0.3) is 10.0 Å². The summed E-state index contributed by atoms with van der Waals surface area (Å²) >= 11 is 0. The van der Waals surface area contributed by atoms with Gasteiger partial charge in [0.1, 0.15) is 17.4 Å². The van der Waals surface area contributed by atoms with E-state index in [1.165, 1.54) is 18.2 Å². The molecule has 0 saturated carbocycles. The molecule has 2 heterocycles. The van der Waals surface area contributed by atoms with Crippen LogP contribution in [0, 0.1) is 0 Å². The number of hydrogen-bond acceptors (Lipinski definition) is 5. The molecule has 1 N–H and O–H groups in total. The van der Waals surface area contributed by atoms with Crippen LogP contribution in [0.3, 0.4) is 0 Å². The van der Waals surface area contributed by atoms with Crippen molar-refractivity contribution in [3.63, 3.8) is 0 Å². The number of para-hydroxylation sites is 1. The van der Waals surface area contributed by atoms with Crippen molar-refractivity contribution < 1.29 is 35.5 Å². The van der Waals surface area contributed by atoms with Gasteiger partial charge in [0.15, 0.2) is 0 Å². The monoisotopic (exact) mass is 468 g/mol. The minimum Gasteiger partial charge on any atom is -0.443 e. The van der Waals surface area contributed by atoms with Gasteiger partial charge in [0.05, 0.1) is 0 Å². The summed E-state index contributed by atoms with van der Waals surface area (Å²) in [6.07, 6.45) is -4.01. The Morgan fingerprint density at radius 2 is 1.94 bits per heavy atom. The van der Waals surface area contributed by atoms with E-state index in [1.807, 2.05) is 0 Å². The molecular formula is C21H19F3N2O5S. The summed E-state index contributed by atoms with van der Waals surface area (Å²) in [7, 11) is -4.04. The van der Waals surface area contributed by atoms with Crippen molar-refractivity contribution in [2.45, 2.75) is 36.9 Å². The molecule has 7 nitrogen and oxygen atoms in total. The van der Waals surface area contributed by atoms with Gasteiger partial charge in [-0.2, -0.15) is 4.31 Å². The van der Waals surface area contributed by atoms with E-state index in [4.69, 9.17) is 4.42 Å². The Bertz CT molecular complexity index is 1210. The number of alkyl halides is 3. The number of nitrogens with one attached hydrogen (secondary N) is 1. The molecule has 0 spiro atoms. The fourth-order valence-corrected chi connectivity index (χ4v) is 5.26. The van der Waals surface area contributed by atoms with E-state index in [0.29, 0.717) is 29.4 Å². The first-order valence-electron chi connectivity index (χ1n) is 9.76. The molecule has 1 aliphatic rings. The maximum absolute atomic E-state index is 13.1. The van der Waals surface area contributed by atoms with Crippen molar-refractivity contribution in [1.82, 2.24) is 9.62 Å². The van der Waals surface area contributed by atoms with Crippen LogP contribution < -0.4 is 10.1 Å². The number of sulfonamides is 1. The average molecular weight is 468 g/mol. The number of nitrogens with zero attached hydrogens (tertiary/aromatic N) is 1. The van der Waals surface area contributed by atoms with Gasteiger partial charge in [0.2, 0.25) is 11.0 Å². The Balaban J connectivity index is 1.46. The van der Waals surface area contributed by atoms with Crippen LogP contribution >= 0.6 is 0 Å². The van der Waals surface area contributed by atoms with E-state index in [-0.39, 0.29) is 18.2 Å². The number of carbonyl (C=O) groups is 1. The maximum atomic E-state index is 13.1. The summed E-state index contributed by atoms with van der Waals surface area (Å²) in [5.74, 6) is -0.941. The second-order valence-electron chi connectivity index (χ2n) is 7.29. The van der Waals surface area contributed by atoms with Crippen LogP contribution in [0.5, 0.6) is 5.75 Å². The number of hydrogen-bond donors (Lipinski definition) is 1. The molecule has 2 aromatic carbocycles. The van der Waals surface area contributed by atoms with E-state index in [0.717, 1.165) is 16.4 Å². The highest BCUT2D eigenvalue weighted by Crippen LogP contribution is 2.30. The SMILES string of the molecule is O=C(NCc1cccc(OC(F)(F)F)c1)[C@@H]1CCCN1S(=O)(=O)c1cc2ccccc2o1. The summed E-state index contributed by atoms with van der Waals surface area (Å²) in [5, 5.41) is 2.99. The van der Waals surface area contributed by atoms with Crippen molar-refractivity contribution in [3.05, 3.63) is 60.2 Å². The number of ether oxygens (including phenoxy) is 1. The second-order valence-corrected chi connectivity index (χ2v) is 9.11. The van der Waals surface area contributed by atoms with Gasteiger partial charge < -0.3 is 14.5 Å². The first kappa shape index (κ1) is 22.2. The highest BCUT2D eigenvalue weighted by Gasteiger charge is 2.41. The lowest BCUT2D eigenvalue weighted by atomic mass is 10.2. The molecule has 1 aromatic heterocycles. The molecule has 1 atom stereocenters. The lowest BCUT2D eigenvalue weighted by Crippen LogP contribution is -2.45. The topological polar surface area (TPSA) is 88.9 Å². The van der Waals surface area contributed by atoms with Crippen LogP contribution in [0.15, 0.2) is 64.1 Å². The van der Waals surface area contributed by atoms with Gasteiger partial charge in [0, 0.05) is 24.5 Å². The largest absolute Gasteiger partial charge is 0.573 e. The minimum absolute atomic E-state index is 0.0804. The highest BCUT2D eigenvalue weighted by atomic mass is 32.2. The summed E-state index contributed by atoms with van der Waals surface area (Å²) < 4.78 is 73.8. The fraction of sp³-hybridized carbons (Fsp3) is 0.286. The van der Waals surface area contributed by atoms with Crippen molar-refractivity contribution >= 4 is 26.9 Å². The molecule has 3 aromatic rings. The van der Waals surface area contributed by atoms with E-state index >= 15 is 0 Å². The normalized spacial score (nSPS) is 17.5. The molecule has 0 radical (unpaired) electrons. The van der Waals surface area contributed by atoms with Crippen molar-refractivity contribution in [2.24, 2.45) is 0 Å². The molecule has 32 heavy (non-hydrogen) atoms. The van der Waals surface area contributed by atoms with Gasteiger partial charge in [-0.05, 0) is 36.6 Å². The molecule has 0 aliphatic carbocycles. The molecule has 4 rings (SSSR count). The average Bonchev–Trinajstić information content (AvgIpc) is 3.39. The highest BCUT2D eigenvalue weighted by molar-refractivity contribution is 7.89. The minimum atomic E-state index is -4.82. The molecule has 170 valence electrons. The van der Waals surface area contributed by atoms with Gasteiger partial charge in [-0.25, -0.2) is 8.42 Å². The molecule has 1 amide bonds. The zero-order chi connectivity index (χ0) is 22.9. The predicted octanol–water partition coefficient (Wildman–Crippen LogP) is 3.80. The van der Waals surface area contributed by atoms with Crippen molar-refractivity contribution in [3.8, 4) is 5.75 Å².